The number of carbonyl (C=O) groups excluding carboxylic acids is 1. The first-order chi connectivity index (χ1) is 9.15. The van der Waals surface area contributed by atoms with Crippen LogP contribution in [0.3, 0.4) is 0 Å². The van der Waals surface area contributed by atoms with Crippen LogP contribution in [-0.2, 0) is 4.79 Å². The molecule has 2 heterocycles. The molecule has 1 amide bonds. The largest absolute Gasteiger partial charge is 0.351 e. The van der Waals surface area contributed by atoms with Crippen LogP contribution in [0.5, 0.6) is 0 Å². The van der Waals surface area contributed by atoms with Gasteiger partial charge in [0.15, 0.2) is 0 Å². The number of nitrogens with one attached hydrogen (secondary N) is 2. The van der Waals surface area contributed by atoms with Crippen molar-refractivity contribution in [2.75, 3.05) is 5.32 Å². The summed E-state index contributed by atoms with van der Waals surface area (Å²) in [5, 5.41) is 7.15. The van der Waals surface area contributed by atoms with Crippen molar-refractivity contribution in [3.8, 4) is 10.7 Å². The monoisotopic (exact) mass is 291 g/mol. The number of nitrogens with zero attached hydrogens (tertiary/aromatic N) is 1. The minimum atomic E-state index is -0.117. The Morgan fingerprint density at radius 1 is 1.47 bits per heavy atom. The lowest BCUT2D eigenvalue weighted by atomic mass is 10.2. The maximum atomic E-state index is 11.4. The van der Waals surface area contributed by atoms with E-state index in [1.165, 1.54) is 18.3 Å². The number of fused-ring (bicyclic) bond motifs is 1. The molecule has 3 aromatic rings. The van der Waals surface area contributed by atoms with Gasteiger partial charge in [0, 0.05) is 34.4 Å². The Hall–Kier alpha value is -1.85. The Balaban J connectivity index is 2.27. The molecule has 0 fully saturated rings. The van der Waals surface area contributed by atoms with E-state index in [0.29, 0.717) is 5.02 Å². The number of carbonyl (C=O) groups is 1. The summed E-state index contributed by atoms with van der Waals surface area (Å²) in [6.45, 7) is 1.49. The third kappa shape index (κ3) is 2.22. The fraction of sp³-hybridized carbons (Fsp3) is 0.0769. The van der Waals surface area contributed by atoms with Crippen LogP contribution in [0.25, 0.3) is 21.6 Å². The van der Waals surface area contributed by atoms with E-state index in [9.17, 15) is 4.79 Å². The van der Waals surface area contributed by atoms with Crippen LogP contribution in [-0.4, -0.2) is 15.9 Å². The SMILES string of the molecule is CC(=O)Nc1c(-c2nccs2)[nH]c2cc(Cl)ccc12. The van der Waals surface area contributed by atoms with Crippen LogP contribution in [0.1, 0.15) is 6.92 Å². The average Bonchev–Trinajstić information content (AvgIpc) is 2.96. The number of thiazole rings is 1. The van der Waals surface area contributed by atoms with Crippen molar-refractivity contribution in [1.29, 1.82) is 0 Å². The molecule has 0 radical (unpaired) electrons. The molecule has 0 aliphatic carbocycles. The van der Waals surface area contributed by atoms with Crippen molar-refractivity contribution in [1.82, 2.24) is 9.97 Å². The molecule has 0 saturated heterocycles. The number of hydrogen-bond acceptors (Lipinski definition) is 3. The lowest BCUT2D eigenvalue weighted by Gasteiger charge is -2.02. The van der Waals surface area contributed by atoms with Crippen molar-refractivity contribution in [2.45, 2.75) is 6.92 Å². The Bertz CT molecular complexity index is 749. The highest BCUT2D eigenvalue weighted by Gasteiger charge is 2.16. The van der Waals surface area contributed by atoms with Gasteiger partial charge in [0.25, 0.3) is 0 Å². The van der Waals surface area contributed by atoms with E-state index in [1.807, 2.05) is 17.5 Å². The number of H-pyrrole nitrogens is 1. The summed E-state index contributed by atoms with van der Waals surface area (Å²) >= 11 is 7.50. The molecule has 0 saturated carbocycles. The van der Waals surface area contributed by atoms with E-state index in [0.717, 1.165) is 27.3 Å². The molecule has 0 aliphatic rings. The molecular weight excluding hydrogens is 282 g/mol. The van der Waals surface area contributed by atoms with Gasteiger partial charge in [-0.05, 0) is 18.2 Å². The molecular formula is C13H10ClN3OS. The summed E-state index contributed by atoms with van der Waals surface area (Å²) in [5.74, 6) is -0.117. The average molecular weight is 292 g/mol. The second-order valence-electron chi connectivity index (χ2n) is 4.08. The molecule has 19 heavy (non-hydrogen) atoms. The third-order valence-electron chi connectivity index (χ3n) is 2.71. The maximum Gasteiger partial charge on any atom is 0.221 e. The molecule has 0 bridgehead atoms. The number of halogens is 1. The second kappa shape index (κ2) is 4.68. The predicted octanol–water partition coefficient (Wildman–Crippen LogP) is 3.90. The van der Waals surface area contributed by atoms with E-state index < -0.39 is 0 Å². The Morgan fingerprint density at radius 2 is 2.32 bits per heavy atom. The maximum absolute atomic E-state index is 11.4. The fourth-order valence-electron chi connectivity index (χ4n) is 1.98. The van der Waals surface area contributed by atoms with Gasteiger partial charge in [0.2, 0.25) is 5.91 Å². The van der Waals surface area contributed by atoms with Crippen LogP contribution in [0, 0.1) is 0 Å². The summed E-state index contributed by atoms with van der Waals surface area (Å²) in [4.78, 5) is 18.9. The molecule has 0 atom stereocenters. The lowest BCUT2D eigenvalue weighted by Crippen LogP contribution is -2.06. The van der Waals surface area contributed by atoms with Gasteiger partial charge in [-0.1, -0.05) is 11.6 Å². The Morgan fingerprint density at radius 3 is 3.00 bits per heavy atom. The van der Waals surface area contributed by atoms with Crippen molar-refractivity contribution in [2.24, 2.45) is 0 Å². The number of rotatable bonds is 2. The highest BCUT2D eigenvalue weighted by Crippen LogP contribution is 2.36. The predicted molar refractivity (Wildman–Crippen MR) is 78.7 cm³/mol. The number of aromatic amines is 1. The normalized spacial score (nSPS) is 10.8. The lowest BCUT2D eigenvalue weighted by molar-refractivity contribution is -0.114. The van der Waals surface area contributed by atoms with E-state index in [2.05, 4.69) is 15.3 Å². The first kappa shape index (κ1) is 12.2. The van der Waals surface area contributed by atoms with E-state index >= 15 is 0 Å². The summed E-state index contributed by atoms with van der Waals surface area (Å²) < 4.78 is 0. The van der Waals surface area contributed by atoms with Crippen molar-refractivity contribution in [3.63, 3.8) is 0 Å². The molecule has 1 aromatic carbocycles. The summed E-state index contributed by atoms with van der Waals surface area (Å²) in [5.41, 5.74) is 2.43. The Kier molecular flexibility index (Phi) is 3.00. The van der Waals surface area contributed by atoms with Gasteiger partial charge in [0.05, 0.1) is 11.4 Å². The summed E-state index contributed by atoms with van der Waals surface area (Å²) in [7, 11) is 0. The molecule has 2 N–H and O–H groups in total. The topological polar surface area (TPSA) is 57.8 Å². The molecule has 2 aromatic heterocycles. The third-order valence-corrected chi connectivity index (χ3v) is 3.73. The number of anilines is 1. The van der Waals surface area contributed by atoms with Crippen LogP contribution >= 0.6 is 22.9 Å². The molecule has 0 aliphatic heterocycles. The summed E-state index contributed by atoms with van der Waals surface area (Å²) in [6, 6.07) is 5.52. The van der Waals surface area contributed by atoms with Crippen molar-refractivity contribution in [3.05, 3.63) is 34.8 Å². The molecule has 4 nitrogen and oxygen atoms in total. The van der Waals surface area contributed by atoms with Crippen LogP contribution in [0.4, 0.5) is 5.69 Å². The van der Waals surface area contributed by atoms with E-state index in [1.54, 1.807) is 12.3 Å². The van der Waals surface area contributed by atoms with Gasteiger partial charge in [-0.25, -0.2) is 4.98 Å². The molecule has 96 valence electrons. The van der Waals surface area contributed by atoms with Gasteiger partial charge >= 0.3 is 0 Å². The second-order valence-corrected chi connectivity index (χ2v) is 5.41. The number of amides is 1. The van der Waals surface area contributed by atoms with Crippen molar-refractivity contribution >= 4 is 45.4 Å². The van der Waals surface area contributed by atoms with E-state index in [4.69, 9.17) is 11.6 Å². The van der Waals surface area contributed by atoms with Crippen LogP contribution in [0.15, 0.2) is 29.8 Å². The zero-order valence-electron chi connectivity index (χ0n) is 10.0. The molecule has 0 unspecified atom stereocenters. The minimum absolute atomic E-state index is 0.117. The van der Waals surface area contributed by atoms with Crippen molar-refractivity contribution < 1.29 is 4.79 Å². The summed E-state index contributed by atoms with van der Waals surface area (Å²) in [6.07, 6.45) is 1.73. The molecule has 3 rings (SSSR count). The fourth-order valence-corrected chi connectivity index (χ4v) is 2.80. The zero-order chi connectivity index (χ0) is 13.4. The minimum Gasteiger partial charge on any atom is -0.351 e. The number of aromatic nitrogens is 2. The quantitative estimate of drug-likeness (QED) is 0.752. The zero-order valence-corrected chi connectivity index (χ0v) is 11.6. The van der Waals surface area contributed by atoms with Gasteiger partial charge in [-0.2, -0.15) is 0 Å². The highest BCUT2D eigenvalue weighted by molar-refractivity contribution is 7.13. The molecule has 0 spiro atoms. The van der Waals surface area contributed by atoms with Gasteiger partial charge < -0.3 is 10.3 Å². The first-order valence-electron chi connectivity index (χ1n) is 5.64. The van der Waals surface area contributed by atoms with Gasteiger partial charge in [-0.15, -0.1) is 11.3 Å². The van der Waals surface area contributed by atoms with Crippen LogP contribution in [0.2, 0.25) is 5.02 Å². The highest BCUT2D eigenvalue weighted by atomic mass is 35.5. The smallest absolute Gasteiger partial charge is 0.221 e. The first-order valence-corrected chi connectivity index (χ1v) is 6.89. The van der Waals surface area contributed by atoms with E-state index in [-0.39, 0.29) is 5.91 Å². The standard InChI is InChI=1S/C13H10ClN3OS/c1-7(18)16-11-9-3-2-8(14)6-10(9)17-12(11)13-15-4-5-19-13/h2-6,17H,1H3,(H,16,18). The Labute approximate surface area is 118 Å². The number of hydrogen-bond donors (Lipinski definition) is 2. The van der Waals surface area contributed by atoms with Gasteiger partial charge in [0.1, 0.15) is 5.01 Å². The van der Waals surface area contributed by atoms with Gasteiger partial charge in [-0.3, -0.25) is 4.79 Å². The molecule has 6 heteroatoms. The van der Waals surface area contributed by atoms with Crippen LogP contribution < -0.4 is 5.32 Å². The number of benzene rings is 1.